The van der Waals surface area contributed by atoms with Crippen LogP contribution in [0.1, 0.15) is 17.0 Å². The molecule has 6 nitrogen and oxygen atoms in total. The van der Waals surface area contributed by atoms with Crippen LogP contribution < -0.4 is 5.73 Å². The van der Waals surface area contributed by atoms with Gasteiger partial charge in [-0.1, -0.05) is 41.4 Å². The number of nitrogens with two attached hydrogens (primary N) is 1. The van der Waals surface area contributed by atoms with Crippen molar-refractivity contribution in [2.45, 2.75) is 0 Å². The number of benzene rings is 2. The molecular weight excluding hydrogens is 433 g/mol. The number of nitriles is 2. The molecule has 31 heavy (non-hydrogen) atoms. The minimum atomic E-state index is 0.115. The predicted molar refractivity (Wildman–Crippen MR) is 120 cm³/mol. The van der Waals surface area contributed by atoms with Gasteiger partial charge in [0.2, 0.25) is 0 Å². The highest BCUT2D eigenvalue weighted by atomic mass is 35.5. The van der Waals surface area contributed by atoms with Gasteiger partial charge in [-0.25, -0.2) is 4.68 Å². The van der Waals surface area contributed by atoms with E-state index in [2.05, 4.69) is 11.2 Å². The summed E-state index contributed by atoms with van der Waals surface area (Å²) in [7, 11) is 0. The number of furan rings is 1. The van der Waals surface area contributed by atoms with Crippen LogP contribution >= 0.6 is 23.2 Å². The number of halogens is 2. The summed E-state index contributed by atoms with van der Waals surface area (Å²) in [6, 6.07) is 21.7. The third-order valence-electron chi connectivity index (χ3n) is 4.52. The molecule has 2 aromatic carbocycles. The lowest BCUT2D eigenvalue weighted by atomic mass is 10.1. The third-order valence-corrected chi connectivity index (χ3v) is 5.07. The molecule has 8 heteroatoms. The van der Waals surface area contributed by atoms with E-state index in [-0.39, 0.29) is 22.6 Å². The van der Waals surface area contributed by atoms with Crippen LogP contribution in [0.4, 0.5) is 5.82 Å². The molecule has 0 aliphatic rings. The summed E-state index contributed by atoms with van der Waals surface area (Å²) < 4.78 is 7.27. The Balaban J connectivity index is 1.76. The zero-order valence-electron chi connectivity index (χ0n) is 15.9. The van der Waals surface area contributed by atoms with Crippen LogP contribution in [0.3, 0.4) is 0 Å². The molecule has 2 heterocycles. The number of rotatable bonds is 4. The molecule has 0 spiro atoms. The van der Waals surface area contributed by atoms with Gasteiger partial charge in [0.15, 0.2) is 0 Å². The first kappa shape index (κ1) is 20.3. The Hall–Kier alpha value is -3.97. The molecule has 0 aliphatic heterocycles. The van der Waals surface area contributed by atoms with Gasteiger partial charge in [-0.05, 0) is 42.5 Å². The van der Waals surface area contributed by atoms with Crippen molar-refractivity contribution in [1.29, 1.82) is 10.5 Å². The topological polar surface area (TPSA) is 105 Å². The number of anilines is 1. The van der Waals surface area contributed by atoms with Gasteiger partial charge in [-0.2, -0.15) is 15.6 Å². The maximum absolute atomic E-state index is 9.73. The van der Waals surface area contributed by atoms with Crippen LogP contribution in [0.5, 0.6) is 0 Å². The molecule has 150 valence electrons. The van der Waals surface area contributed by atoms with Crippen molar-refractivity contribution in [2.75, 3.05) is 5.73 Å². The number of nitrogens with zero attached hydrogens (tertiary/aromatic N) is 4. The van der Waals surface area contributed by atoms with E-state index in [0.717, 1.165) is 0 Å². The molecule has 0 saturated heterocycles. The van der Waals surface area contributed by atoms with Crippen LogP contribution in [-0.2, 0) is 0 Å². The lowest BCUT2D eigenvalue weighted by Gasteiger charge is -2.02. The smallest absolute Gasteiger partial charge is 0.145 e. The molecule has 0 saturated carbocycles. The fourth-order valence-electron chi connectivity index (χ4n) is 3.06. The Kier molecular flexibility index (Phi) is 5.51. The largest absolute Gasteiger partial charge is 0.457 e. The summed E-state index contributed by atoms with van der Waals surface area (Å²) in [6.07, 6.45) is 1.51. The fraction of sp³-hybridized carbons (Fsp3) is 0. The van der Waals surface area contributed by atoms with Crippen molar-refractivity contribution in [2.24, 2.45) is 0 Å². The van der Waals surface area contributed by atoms with Crippen LogP contribution in [0.2, 0.25) is 10.0 Å². The lowest BCUT2D eigenvalue weighted by Crippen LogP contribution is -2.02. The second-order valence-electron chi connectivity index (χ2n) is 6.46. The van der Waals surface area contributed by atoms with E-state index >= 15 is 0 Å². The van der Waals surface area contributed by atoms with Gasteiger partial charge >= 0.3 is 0 Å². The van der Waals surface area contributed by atoms with Crippen molar-refractivity contribution >= 4 is 40.7 Å². The van der Waals surface area contributed by atoms with Gasteiger partial charge < -0.3 is 10.2 Å². The first-order valence-electron chi connectivity index (χ1n) is 9.03. The molecular formula is C23H13Cl2N5O. The van der Waals surface area contributed by atoms with Crippen LogP contribution in [0, 0.1) is 22.7 Å². The first-order valence-corrected chi connectivity index (χ1v) is 9.79. The maximum Gasteiger partial charge on any atom is 0.145 e. The highest BCUT2D eigenvalue weighted by Gasteiger charge is 2.20. The molecule has 0 aliphatic carbocycles. The monoisotopic (exact) mass is 445 g/mol. The second kappa shape index (κ2) is 8.41. The van der Waals surface area contributed by atoms with Gasteiger partial charge in [-0.15, -0.1) is 0 Å². The van der Waals surface area contributed by atoms with Gasteiger partial charge in [-0.3, -0.25) is 0 Å². The van der Waals surface area contributed by atoms with E-state index in [4.69, 9.17) is 33.4 Å². The van der Waals surface area contributed by atoms with Crippen LogP contribution in [0.15, 0.2) is 65.1 Å². The van der Waals surface area contributed by atoms with Crippen LogP contribution in [0.25, 0.3) is 28.7 Å². The van der Waals surface area contributed by atoms with Gasteiger partial charge in [0.25, 0.3) is 0 Å². The van der Waals surface area contributed by atoms with E-state index < -0.39 is 0 Å². The normalized spacial score (nSPS) is 11.2. The summed E-state index contributed by atoms with van der Waals surface area (Å²) in [5.74, 6) is 1.06. The standard InChI is InChI=1S/C23H13Cl2N5O/c24-15-6-8-18(20(25)11-15)21-9-7-17(31-21)10-14(12-26)22-19(13-27)23(28)30(29-22)16-4-2-1-3-5-16/h1-11H,28H2. The Bertz CT molecular complexity index is 1390. The maximum atomic E-state index is 9.73. The molecule has 4 rings (SSSR count). The van der Waals surface area contributed by atoms with E-state index in [0.29, 0.717) is 32.8 Å². The number of hydrogen-bond donors (Lipinski definition) is 1. The summed E-state index contributed by atoms with van der Waals surface area (Å²) in [5.41, 5.74) is 7.91. The SMILES string of the molecule is N#CC(=Cc1ccc(-c2ccc(Cl)cc2Cl)o1)c1nn(-c2ccccc2)c(N)c1C#N. The third kappa shape index (κ3) is 3.91. The molecule has 0 radical (unpaired) electrons. The number of aromatic nitrogens is 2. The molecule has 0 unspecified atom stereocenters. The van der Waals surface area contributed by atoms with Crippen molar-refractivity contribution in [3.8, 4) is 29.1 Å². The van der Waals surface area contributed by atoms with Gasteiger partial charge in [0.1, 0.15) is 40.7 Å². The van der Waals surface area contributed by atoms with E-state index in [1.54, 1.807) is 42.5 Å². The zero-order chi connectivity index (χ0) is 22.0. The van der Waals surface area contributed by atoms with Gasteiger partial charge in [0.05, 0.1) is 16.3 Å². The highest BCUT2D eigenvalue weighted by Crippen LogP contribution is 2.33. The molecule has 0 amide bonds. The van der Waals surface area contributed by atoms with Gasteiger partial charge in [0, 0.05) is 16.7 Å². The summed E-state index contributed by atoms with van der Waals surface area (Å²) in [6.45, 7) is 0. The Morgan fingerprint density at radius 1 is 1.06 bits per heavy atom. The van der Waals surface area contributed by atoms with Crippen LogP contribution in [-0.4, -0.2) is 9.78 Å². The molecule has 4 aromatic rings. The number of allylic oxidation sites excluding steroid dienone is 1. The van der Waals surface area contributed by atoms with Crippen molar-refractivity contribution in [3.63, 3.8) is 0 Å². The fourth-order valence-corrected chi connectivity index (χ4v) is 3.56. The Morgan fingerprint density at radius 3 is 2.52 bits per heavy atom. The van der Waals surface area contributed by atoms with Crippen molar-refractivity contribution < 1.29 is 4.42 Å². The molecule has 0 bridgehead atoms. The zero-order valence-corrected chi connectivity index (χ0v) is 17.4. The van der Waals surface area contributed by atoms with E-state index in [1.807, 2.05) is 24.3 Å². The number of hydrogen-bond acceptors (Lipinski definition) is 5. The Morgan fingerprint density at radius 2 is 1.84 bits per heavy atom. The number of para-hydroxylation sites is 1. The average molecular weight is 446 g/mol. The summed E-state index contributed by atoms with van der Waals surface area (Å²) >= 11 is 12.2. The molecule has 2 N–H and O–H groups in total. The number of nitrogen functional groups attached to an aromatic ring is 1. The first-order chi connectivity index (χ1) is 15.0. The molecule has 0 atom stereocenters. The summed E-state index contributed by atoms with van der Waals surface area (Å²) in [5, 5.41) is 24.7. The molecule has 2 aromatic heterocycles. The second-order valence-corrected chi connectivity index (χ2v) is 7.31. The lowest BCUT2D eigenvalue weighted by molar-refractivity contribution is 0.572. The average Bonchev–Trinajstić information content (AvgIpc) is 3.36. The highest BCUT2D eigenvalue weighted by molar-refractivity contribution is 6.36. The minimum absolute atomic E-state index is 0.115. The van der Waals surface area contributed by atoms with Crippen molar-refractivity contribution in [3.05, 3.63) is 87.7 Å². The quantitative estimate of drug-likeness (QED) is 0.390. The Labute approximate surface area is 188 Å². The van der Waals surface area contributed by atoms with E-state index in [9.17, 15) is 10.5 Å². The van der Waals surface area contributed by atoms with Crippen molar-refractivity contribution in [1.82, 2.24) is 9.78 Å². The summed E-state index contributed by atoms with van der Waals surface area (Å²) in [4.78, 5) is 0. The van der Waals surface area contributed by atoms with E-state index in [1.165, 1.54) is 10.8 Å². The molecule has 0 fully saturated rings. The minimum Gasteiger partial charge on any atom is -0.457 e. The predicted octanol–water partition coefficient (Wildman–Crippen LogP) is 5.96.